The SMILES string of the molecule is Cn1nccc1CNS(=O)(=O)c1ccc(F)cc1Br. The number of aromatic nitrogens is 2. The lowest BCUT2D eigenvalue weighted by atomic mass is 10.3. The molecule has 2 rings (SSSR count). The molecular formula is C11H11BrFN3O2S. The highest BCUT2D eigenvalue weighted by molar-refractivity contribution is 9.10. The van der Waals surface area contributed by atoms with E-state index in [1.54, 1.807) is 24.0 Å². The first kappa shape index (κ1) is 14.2. The second-order valence-electron chi connectivity index (χ2n) is 3.85. The van der Waals surface area contributed by atoms with Gasteiger partial charge in [-0.3, -0.25) is 4.68 Å². The Morgan fingerprint density at radius 3 is 2.74 bits per heavy atom. The smallest absolute Gasteiger partial charge is 0.242 e. The fourth-order valence-electron chi connectivity index (χ4n) is 1.51. The van der Waals surface area contributed by atoms with Crippen LogP contribution in [0.4, 0.5) is 4.39 Å². The topological polar surface area (TPSA) is 64.0 Å². The van der Waals surface area contributed by atoms with Crippen LogP contribution in [0.25, 0.3) is 0 Å². The lowest BCUT2D eigenvalue weighted by Gasteiger charge is -2.08. The average Bonchev–Trinajstić information content (AvgIpc) is 2.72. The van der Waals surface area contributed by atoms with Crippen molar-refractivity contribution in [3.63, 3.8) is 0 Å². The Labute approximate surface area is 118 Å². The molecule has 0 aliphatic carbocycles. The van der Waals surface area contributed by atoms with E-state index in [-0.39, 0.29) is 15.9 Å². The number of nitrogens with one attached hydrogen (secondary N) is 1. The van der Waals surface area contributed by atoms with Crippen LogP contribution >= 0.6 is 15.9 Å². The summed E-state index contributed by atoms with van der Waals surface area (Å²) in [5.41, 5.74) is 0.724. The molecule has 0 spiro atoms. The Kier molecular flexibility index (Phi) is 4.02. The number of nitrogens with zero attached hydrogens (tertiary/aromatic N) is 2. The summed E-state index contributed by atoms with van der Waals surface area (Å²) < 4.78 is 41.3. The molecule has 0 atom stereocenters. The van der Waals surface area contributed by atoms with Crippen molar-refractivity contribution >= 4 is 26.0 Å². The highest BCUT2D eigenvalue weighted by atomic mass is 79.9. The monoisotopic (exact) mass is 347 g/mol. The summed E-state index contributed by atoms with van der Waals surface area (Å²) in [5, 5.41) is 3.94. The van der Waals surface area contributed by atoms with Crippen molar-refractivity contribution in [2.24, 2.45) is 7.05 Å². The summed E-state index contributed by atoms with van der Waals surface area (Å²) >= 11 is 3.04. The van der Waals surface area contributed by atoms with E-state index < -0.39 is 15.8 Å². The zero-order valence-corrected chi connectivity index (χ0v) is 12.4. The Morgan fingerprint density at radius 2 is 2.16 bits per heavy atom. The molecule has 8 heteroatoms. The van der Waals surface area contributed by atoms with Crippen molar-refractivity contribution in [2.75, 3.05) is 0 Å². The second-order valence-corrected chi connectivity index (χ2v) is 6.44. The van der Waals surface area contributed by atoms with E-state index in [1.165, 1.54) is 6.07 Å². The largest absolute Gasteiger partial charge is 0.271 e. The maximum Gasteiger partial charge on any atom is 0.242 e. The van der Waals surface area contributed by atoms with Crippen LogP contribution in [0, 0.1) is 5.82 Å². The third-order valence-corrected chi connectivity index (χ3v) is 4.93. The van der Waals surface area contributed by atoms with Gasteiger partial charge in [0.05, 0.1) is 17.1 Å². The first-order chi connectivity index (χ1) is 8.90. The van der Waals surface area contributed by atoms with Gasteiger partial charge in [-0.1, -0.05) is 0 Å². The average molecular weight is 348 g/mol. The first-order valence-electron chi connectivity index (χ1n) is 5.32. The second kappa shape index (κ2) is 5.40. The highest BCUT2D eigenvalue weighted by Crippen LogP contribution is 2.22. The Balaban J connectivity index is 2.21. The van der Waals surface area contributed by atoms with Crippen molar-refractivity contribution in [3.05, 3.63) is 46.4 Å². The molecule has 2 aromatic rings. The van der Waals surface area contributed by atoms with Gasteiger partial charge in [-0.25, -0.2) is 17.5 Å². The lowest BCUT2D eigenvalue weighted by Crippen LogP contribution is -2.24. The van der Waals surface area contributed by atoms with E-state index in [4.69, 9.17) is 0 Å². The van der Waals surface area contributed by atoms with E-state index in [1.807, 2.05) is 0 Å². The summed E-state index contributed by atoms with van der Waals surface area (Å²) in [6.07, 6.45) is 1.58. The number of halogens is 2. The third kappa shape index (κ3) is 3.20. The molecule has 0 radical (unpaired) electrons. The van der Waals surface area contributed by atoms with Crippen molar-refractivity contribution < 1.29 is 12.8 Å². The molecule has 102 valence electrons. The van der Waals surface area contributed by atoms with Crippen molar-refractivity contribution in [2.45, 2.75) is 11.4 Å². The molecule has 5 nitrogen and oxygen atoms in total. The molecule has 19 heavy (non-hydrogen) atoms. The molecule has 1 heterocycles. The number of hydrogen-bond acceptors (Lipinski definition) is 3. The minimum absolute atomic E-state index is 0.00364. The molecule has 0 aliphatic heterocycles. The minimum atomic E-state index is -3.71. The molecule has 1 aromatic carbocycles. The molecule has 1 N–H and O–H groups in total. The van der Waals surface area contributed by atoms with Crippen molar-refractivity contribution in [3.8, 4) is 0 Å². The molecule has 1 aromatic heterocycles. The van der Waals surface area contributed by atoms with Gasteiger partial charge in [0.1, 0.15) is 5.82 Å². The van der Waals surface area contributed by atoms with Crippen molar-refractivity contribution in [1.29, 1.82) is 0 Å². The Hall–Kier alpha value is -1.25. The molecule has 0 amide bonds. The van der Waals surface area contributed by atoms with Gasteiger partial charge in [0.15, 0.2) is 0 Å². The fraction of sp³-hybridized carbons (Fsp3) is 0.182. The van der Waals surface area contributed by atoms with Crippen molar-refractivity contribution in [1.82, 2.24) is 14.5 Å². The summed E-state index contributed by atoms with van der Waals surface area (Å²) in [7, 11) is -1.99. The van der Waals surface area contributed by atoms with E-state index in [9.17, 15) is 12.8 Å². The molecule has 0 saturated heterocycles. The van der Waals surface area contributed by atoms with Crippen LogP contribution in [0.15, 0.2) is 39.8 Å². The Morgan fingerprint density at radius 1 is 1.42 bits per heavy atom. The van der Waals surface area contributed by atoms with Crippen LogP contribution in [0.3, 0.4) is 0 Å². The van der Waals surface area contributed by atoms with Crippen LogP contribution in [0.2, 0.25) is 0 Å². The molecule has 0 unspecified atom stereocenters. The van der Waals surface area contributed by atoms with Gasteiger partial charge in [-0.05, 0) is 40.2 Å². The number of benzene rings is 1. The minimum Gasteiger partial charge on any atom is -0.271 e. The van der Waals surface area contributed by atoms with E-state index in [0.717, 1.165) is 17.8 Å². The van der Waals surface area contributed by atoms with Gasteiger partial charge in [0.2, 0.25) is 10.0 Å². The van der Waals surface area contributed by atoms with Crippen LogP contribution < -0.4 is 4.72 Å². The standard InChI is InChI=1S/C11H11BrFN3O2S/c1-16-9(4-5-14-16)7-15-19(17,18)11-3-2-8(13)6-10(11)12/h2-6,15H,7H2,1H3. The summed E-state index contributed by atoms with van der Waals surface area (Å²) in [4.78, 5) is -0.00364. The van der Waals surface area contributed by atoms with Gasteiger partial charge in [0, 0.05) is 17.7 Å². The van der Waals surface area contributed by atoms with Crippen LogP contribution in [0.1, 0.15) is 5.69 Å². The molecular weight excluding hydrogens is 337 g/mol. The van der Waals surface area contributed by atoms with Gasteiger partial charge in [0.25, 0.3) is 0 Å². The van der Waals surface area contributed by atoms with Crippen LogP contribution in [-0.4, -0.2) is 18.2 Å². The Bertz CT molecular complexity index is 700. The lowest BCUT2D eigenvalue weighted by molar-refractivity contribution is 0.575. The number of aryl methyl sites for hydroxylation is 1. The van der Waals surface area contributed by atoms with Crippen LogP contribution in [-0.2, 0) is 23.6 Å². The number of sulfonamides is 1. The highest BCUT2D eigenvalue weighted by Gasteiger charge is 2.18. The number of rotatable bonds is 4. The van der Waals surface area contributed by atoms with Gasteiger partial charge < -0.3 is 0 Å². The van der Waals surface area contributed by atoms with E-state index in [2.05, 4.69) is 25.8 Å². The molecule has 0 bridgehead atoms. The maximum absolute atomic E-state index is 12.9. The molecule has 0 aliphatic rings. The fourth-order valence-corrected chi connectivity index (χ4v) is 3.56. The number of hydrogen-bond donors (Lipinski definition) is 1. The first-order valence-corrected chi connectivity index (χ1v) is 7.59. The third-order valence-electron chi connectivity index (χ3n) is 2.55. The quantitative estimate of drug-likeness (QED) is 0.917. The van der Waals surface area contributed by atoms with Gasteiger partial charge >= 0.3 is 0 Å². The summed E-state index contributed by atoms with van der Waals surface area (Å²) in [5.74, 6) is -0.502. The maximum atomic E-state index is 12.9. The van der Waals surface area contributed by atoms with E-state index in [0.29, 0.717) is 0 Å². The summed E-state index contributed by atoms with van der Waals surface area (Å²) in [6.45, 7) is 0.114. The van der Waals surface area contributed by atoms with E-state index >= 15 is 0 Å². The molecule has 0 saturated carbocycles. The summed E-state index contributed by atoms with van der Waals surface area (Å²) in [6, 6.07) is 5.13. The predicted molar refractivity (Wildman–Crippen MR) is 71.3 cm³/mol. The van der Waals surface area contributed by atoms with Crippen LogP contribution in [0.5, 0.6) is 0 Å². The normalized spacial score (nSPS) is 11.7. The zero-order chi connectivity index (χ0) is 14.0. The van der Waals surface area contributed by atoms with Gasteiger partial charge in [-0.2, -0.15) is 5.10 Å². The molecule has 0 fully saturated rings. The predicted octanol–water partition coefficient (Wildman–Crippen LogP) is 1.80. The van der Waals surface area contributed by atoms with Gasteiger partial charge in [-0.15, -0.1) is 0 Å². The zero-order valence-electron chi connectivity index (χ0n) is 9.97.